The Hall–Kier alpha value is -0.290. The molecule has 38 valence electrons. The van der Waals surface area contributed by atoms with Crippen LogP contribution in [0, 0.1) is 11.3 Å². The van der Waals surface area contributed by atoms with Gasteiger partial charge in [0.1, 0.15) is 0 Å². The molecule has 7 heavy (non-hydrogen) atoms. The van der Waals surface area contributed by atoms with Crippen molar-refractivity contribution in [3.63, 3.8) is 0 Å². The molecular formula is C5H6BrN. The van der Waals surface area contributed by atoms with Gasteiger partial charge in [0.25, 0.3) is 0 Å². The maximum atomic E-state index is 7.98. The van der Waals surface area contributed by atoms with Crippen molar-refractivity contribution in [2.24, 2.45) is 0 Å². The number of alkyl halides is 1. The first-order chi connectivity index (χ1) is 3.41. The molecule has 0 aromatic heterocycles. The van der Waals surface area contributed by atoms with E-state index in [1.54, 1.807) is 0 Å². The summed E-state index contributed by atoms with van der Waals surface area (Å²) in [7, 11) is 0. The monoisotopic (exact) mass is 159 g/mol. The molecule has 0 saturated heterocycles. The molecule has 0 spiro atoms. The summed E-state index contributed by atoms with van der Waals surface area (Å²) in [4.78, 5) is 0. The molecule has 0 radical (unpaired) electrons. The zero-order chi connectivity index (χ0) is 5.54. The number of nitrogens with zero attached hydrogens (tertiary/aromatic N) is 1. The first-order valence-corrected chi connectivity index (χ1v) is 3.12. The molecule has 0 unspecified atom stereocenters. The Labute approximate surface area is 51.8 Å². The van der Waals surface area contributed by atoms with Gasteiger partial charge in [-0.05, 0) is 0 Å². The average molecular weight is 160 g/mol. The van der Waals surface area contributed by atoms with E-state index >= 15 is 0 Å². The smallest absolute Gasteiger partial charge is 0.0663 e. The number of rotatable bonds is 2. The number of halogens is 1. The molecule has 0 saturated carbocycles. The van der Waals surface area contributed by atoms with Crippen LogP contribution in [0.15, 0.2) is 12.2 Å². The second-order valence-electron chi connectivity index (χ2n) is 0.988. The normalized spacial score (nSPS) is 9.14. The van der Waals surface area contributed by atoms with E-state index < -0.39 is 0 Å². The lowest BCUT2D eigenvalue weighted by Gasteiger charge is -1.69. The molecule has 1 nitrogen and oxygen atoms in total. The molecule has 0 aromatic rings. The van der Waals surface area contributed by atoms with Crippen LogP contribution in [0.2, 0.25) is 0 Å². The molecule has 0 atom stereocenters. The molecule has 0 aromatic carbocycles. The zero-order valence-corrected chi connectivity index (χ0v) is 5.48. The standard InChI is InChI=1S/C5H6BrN/c6-4-2-1-3-5-7/h1-2H,3-4H2. The van der Waals surface area contributed by atoms with Crippen molar-refractivity contribution in [1.29, 1.82) is 5.26 Å². The summed E-state index contributed by atoms with van der Waals surface area (Å²) >= 11 is 3.18. The molecule has 0 rings (SSSR count). The third-order valence-corrected chi connectivity index (χ3v) is 0.839. The van der Waals surface area contributed by atoms with Gasteiger partial charge in [-0.25, -0.2) is 0 Å². The van der Waals surface area contributed by atoms with E-state index in [1.807, 2.05) is 18.2 Å². The molecule has 0 aliphatic carbocycles. The van der Waals surface area contributed by atoms with Crippen molar-refractivity contribution in [2.75, 3.05) is 5.33 Å². The van der Waals surface area contributed by atoms with Crippen molar-refractivity contribution >= 4 is 15.9 Å². The SMILES string of the molecule is N#CCC=CCBr. The van der Waals surface area contributed by atoms with Crippen LogP contribution in [-0.4, -0.2) is 5.33 Å². The molecule has 0 aliphatic rings. The number of nitriles is 1. The minimum absolute atomic E-state index is 0.519. The largest absolute Gasteiger partial charge is 0.198 e. The van der Waals surface area contributed by atoms with E-state index in [0.29, 0.717) is 6.42 Å². The Morgan fingerprint density at radius 2 is 2.29 bits per heavy atom. The molecule has 0 aliphatic heterocycles. The fourth-order valence-electron chi connectivity index (χ4n) is 0.199. The van der Waals surface area contributed by atoms with Gasteiger partial charge < -0.3 is 0 Å². The van der Waals surface area contributed by atoms with Gasteiger partial charge in [-0.3, -0.25) is 0 Å². The van der Waals surface area contributed by atoms with E-state index in [1.165, 1.54) is 0 Å². The van der Waals surface area contributed by atoms with Gasteiger partial charge in [-0.1, -0.05) is 28.1 Å². The second kappa shape index (κ2) is 5.71. The van der Waals surface area contributed by atoms with Gasteiger partial charge in [0.15, 0.2) is 0 Å². The maximum Gasteiger partial charge on any atom is 0.0663 e. The van der Waals surface area contributed by atoms with Crippen molar-refractivity contribution in [2.45, 2.75) is 6.42 Å². The van der Waals surface area contributed by atoms with E-state index in [2.05, 4.69) is 15.9 Å². The van der Waals surface area contributed by atoms with Crippen LogP contribution < -0.4 is 0 Å². The summed E-state index contributed by atoms with van der Waals surface area (Å²) < 4.78 is 0. The Kier molecular flexibility index (Phi) is 5.47. The van der Waals surface area contributed by atoms with E-state index in [-0.39, 0.29) is 0 Å². The van der Waals surface area contributed by atoms with Gasteiger partial charge >= 0.3 is 0 Å². The first kappa shape index (κ1) is 6.71. The van der Waals surface area contributed by atoms with Gasteiger partial charge in [0.2, 0.25) is 0 Å². The number of hydrogen-bond acceptors (Lipinski definition) is 1. The maximum absolute atomic E-state index is 7.98. The lowest BCUT2D eigenvalue weighted by Crippen LogP contribution is -1.58. The highest BCUT2D eigenvalue weighted by Crippen LogP contribution is 1.83. The zero-order valence-electron chi connectivity index (χ0n) is 3.89. The third-order valence-electron chi connectivity index (χ3n) is 0.465. The van der Waals surface area contributed by atoms with E-state index in [4.69, 9.17) is 5.26 Å². The molecular weight excluding hydrogens is 154 g/mol. The summed E-state index contributed by atoms with van der Waals surface area (Å²) in [6.45, 7) is 0. The summed E-state index contributed by atoms with van der Waals surface area (Å²) in [5.41, 5.74) is 0. The van der Waals surface area contributed by atoms with Crippen molar-refractivity contribution in [3.05, 3.63) is 12.2 Å². The summed E-state index contributed by atoms with van der Waals surface area (Å²) in [6, 6.07) is 1.99. The Bertz CT molecular complexity index is 90.7. The highest BCUT2D eigenvalue weighted by Gasteiger charge is 1.66. The minimum atomic E-state index is 0.519. The molecule has 2 heteroatoms. The molecule has 0 bridgehead atoms. The van der Waals surface area contributed by atoms with E-state index in [9.17, 15) is 0 Å². The molecule has 0 amide bonds. The summed E-state index contributed by atoms with van der Waals surface area (Å²) in [5, 5.41) is 8.82. The lowest BCUT2D eigenvalue weighted by molar-refractivity contribution is 1.35. The minimum Gasteiger partial charge on any atom is -0.198 e. The fourth-order valence-corrected chi connectivity index (χ4v) is 0.463. The predicted octanol–water partition coefficient (Wildman–Crippen LogP) is 1.85. The van der Waals surface area contributed by atoms with Gasteiger partial charge in [-0.2, -0.15) is 5.26 Å². The van der Waals surface area contributed by atoms with Crippen LogP contribution in [-0.2, 0) is 0 Å². The Morgan fingerprint density at radius 1 is 1.57 bits per heavy atom. The highest BCUT2D eigenvalue weighted by atomic mass is 79.9. The van der Waals surface area contributed by atoms with Crippen LogP contribution in [0.1, 0.15) is 6.42 Å². The van der Waals surface area contributed by atoms with Gasteiger partial charge in [-0.15, -0.1) is 0 Å². The highest BCUT2D eigenvalue weighted by molar-refractivity contribution is 9.09. The topological polar surface area (TPSA) is 23.8 Å². The quantitative estimate of drug-likeness (QED) is 0.446. The van der Waals surface area contributed by atoms with Crippen LogP contribution in [0.4, 0.5) is 0 Å². The van der Waals surface area contributed by atoms with Crippen LogP contribution in [0.3, 0.4) is 0 Å². The average Bonchev–Trinajstić information content (AvgIpc) is 1.69. The molecule has 0 fully saturated rings. The van der Waals surface area contributed by atoms with E-state index in [0.717, 1.165) is 5.33 Å². The summed E-state index contributed by atoms with van der Waals surface area (Å²) in [5.74, 6) is 0. The summed E-state index contributed by atoms with van der Waals surface area (Å²) in [6.07, 6.45) is 4.25. The van der Waals surface area contributed by atoms with Gasteiger partial charge in [0, 0.05) is 5.33 Å². The molecule has 0 heterocycles. The first-order valence-electron chi connectivity index (χ1n) is 1.99. The lowest BCUT2D eigenvalue weighted by atomic mass is 10.4. The fraction of sp³-hybridized carbons (Fsp3) is 0.400. The predicted molar refractivity (Wildman–Crippen MR) is 33.2 cm³/mol. The van der Waals surface area contributed by atoms with Crippen LogP contribution in [0.5, 0.6) is 0 Å². The van der Waals surface area contributed by atoms with Crippen LogP contribution in [0.25, 0.3) is 0 Å². The van der Waals surface area contributed by atoms with Crippen molar-refractivity contribution in [1.82, 2.24) is 0 Å². The Morgan fingerprint density at radius 3 is 2.71 bits per heavy atom. The third kappa shape index (κ3) is 5.71. The van der Waals surface area contributed by atoms with Gasteiger partial charge in [0.05, 0.1) is 12.5 Å². The van der Waals surface area contributed by atoms with Crippen molar-refractivity contribution < 1.29 is 0 Å². The second-order valence-corrected chi connectivity index (χ2v) is 1.64. The number of allylic oxidation sites excluding steroid dienone is 2. The van der Waals surface area contributed by atoms with Crippen molar-refractivity contribution in [3.8, 4) is 6.07 Å². The Balaban J connectivity index is 2.97. The van der Waals surface area contributed by atoms with Crippen LogP contribution >= 0.6 is 15.9 Å². The number of hydrogen-bond donors (Lipinski definition) is 0. The molecule has 0 N–H and O–H groups in total.